The van der Waals surface area contributed by atoms with E-state index in [0.717, 1.165) is 25.2 Å². The number of carbonyl (C=O) groups is 1. The van der Waals surface area contributed by atoms with Gasteiger partial charge >= 0.3 is 5.97 Å². The molecule has 0 saturated carbocycles. The molecule has 0 atom stereocenters. The largest absolute Gasteiger partial charge is 0.478 e. The molecule has 4 nitrogen and oxygen atoms in total. The fourth-order valence-electron chi connectivity index (χ4n) is 2.41. The van der Waals surface area contributed by atoms with Crippen LogP contribution in [0.2, 0.25) is 0 Å². The van der Waals surface area contributed by atoms with Crippen molar-refractivity contribution in [1.29, 1.82) is 0 Å². The molecule has 1 aromatic carbocycles. The van der Waals surface area contributed by atoms with E-state index in [1.54, 1.807) is 12.1 Å². The van der Waals surface area contributed by atoms with Gasteiger partial charge in [-0.05, 0) is 43.6 Å². The molecule has 0 aromatic heterocycles. The van der Waals surface area contributed by atoms with Gasteiger partial charge in [0.2, 0.25) is 0 Å². The SMILES string of the molecule is Nc1cc(C(=O)O)ccc1CN1CCCCCC1. The second-order valence-electron chi connectivity index (χ2n) is 4.91. The summed E-state index contributed by atoms with van der Waals surface area (Å²) in [6.07, 6.45) is 5.11. The molecule has 2 rings (SSSR count). The Morgan fingerprint density at radius 2 is 1.89 bits per heavy atom. The molecule has 1 heterocycles. The average molecular weight is 248 g/mol. The van der Waals surface area contributed by atoms with Crippen LogP contribution in [0.15, 0.2) is 18.2 Å². The Hall–Kier alpha value is -1.55. The van der Waals surface area contributed by atoms with Crippen LogP contribution in [0.4, 0.5) is 5.69 Å². The molecule has 1 aliphatic heterocycles. The van der Waals surface area contributed by atoms with Crippen molar-refractivity contribution < 1.29 is 9.90 Å². The van der Waals surface area contributed by atoms with Gasteiger partial charge in [-0.2, -0.15) is 0 Å². The van der Waals surface area contributed by atoms with Crippen molar-refractivity contribution in [3.8, 4) is 0 Å². The topological polar surface area (TPSA) is 66.6 Å². The minimum atomic E-state index is -0.928. The van der Waals surface area contributed by atoms with E-state index in [4.69, 9.17) is 10.8 Å². The van der Waals surface area contributed by atoms with Crippen LogP contribution < -0.4 is 5.73 Å². The number of hydrogen-bond donors (Lipinski definition) is 2. The molecular formula is C14H20N2O2. The van der Waals surface area contributed by atoms with Gasteiger partial charge in [0.05, 0.1) is 5.56 Å². The zero-order valence-electron chi connectivity index (χ0n) is 10.6. The standard InChI is InChI=1S/C14H20N2O2/c15-13-9-11(14(17)18)5-6-12(13)10-16-7-3-1-2-4-8-16/h5-6,9H,1-4,7-8,10,15H2,(H,17,18). The van der Waals surface area contributed by atoms with E-state index in [9.17, 15) is 4.79 Å². The Morgan fingerprint density at radius 1 is 1.22 bits per heavy atom. The predicted molar refractivity (Wildman–Crippen MR) is 71.6 cm³/mol. The highest BCUT2D eigenvalue weighted by Gasteiger charge is 2.12. The maximum atomic E-state index is 10.8. The van der Waals surface area contributed by atoms with Crippen LogP contribution in [0.25, 0.3) is 0 Å². The minimum Gasteiger partial charge on any atom is -0.478 e. The third kappa shape index (κ3) is 3.23. The summed E-state index contributed by atoms with van der Waals surface area (Å²) in [4.78, 5) is 13.2. The monoisotopic (exact) mass is 248 g/mol. The summed E-state index contributed by atoms with van der Waals surface area (Å²) in [5.74, 6) is -0.928. The van der Waals surface area contributed by atoms with E-state index in [2.05, 4.69) is 4.90 Å². The Labute approximate surface area is 107 Å². The first-order valence-electron chi connectivity index (χ1n) is 6.51. The highest BCUT2D eigenvalue weighted by Crippen LogP contribution is 2.19. The third-order valence-electron chi connectivity index (χ3n) is 3.49. The lowest BCUT2D eigenvalue weighted by Gasteiger charge is -2.20. The number of anilines is 1. The van der Waals surface area contributed by atoms with Crippen LogP contribution in [0.5, 0.6) is 0 Å². The lowest BCUT2D eigenvalue weighted by molar-refractivity contribution is 0.0697. The Balaban J connectivity index is 2.06. The molecular weight excluding hydrogens is 228 g/mol. The van der Waals surface area contributed by atoms with Gasteiger partial charge in [0, 0.05) is 12.2 Å². The smallest absolute Gasteiger partial charge is 0.335 e. The molecule has 0 amide bonds. The summed E-state index contributed by atoms with van der Waals surface area (Å²) in [6.45, 7) is 3.05. The van der Waals surface area contributed by atoms with Gasteiger partial charge in [-0.1, -0.05) is 18.9 Å². The van der Waals surface area contributed by atoms with Crippen LogP contribution >= 0.6 is 0 Å². The molecule has 0 bridgehead atoms. The van der Waals surface area contributed by atoms with Gasteiger partial charge < -0.3 is 10.8 Å². The molecule has 3 N–H and O–H groups in total. The summed E-state index contributed by atoms with van der Waals surface area (Å²) in [6, 6.07) is 5.02. The van der Waals surface area contributed by atoms with Gasteiger partial charge in [-0.15, -0.1) is 0 Å². The zero-order chi connectivity index (χ0) is 13.0. The zero-order valence-corrected chi connectivity index (χ0v) is 10.6. The molecule has 1 fully saturated rings. The molecule has 1 aromatic rings. The van der Waals surface area contributed by atoms with E-state index < -0.39 is 5.97 Å². The normalized spacial score (nSPS) is 17.3. The van der Waals surface area contributed by atoms with Gasteiger partial charge in [0.25, 0.3) is 0 Å². The molecule has 0 spiro atoms. The van der Waals surface area contributed by atoms with Crippen molar-refractivity contribution in [2.75, 3.05) is 18.8 Å². The summed E-state index contributed by atoms with van der Waals surface area (Å²) < 4.78 is 0. The van der Waals surface area contributed by atoms with Crippen LogP contribution in [-0.4, -0.2) is 29.1 Å². The summed E-state index contributed by atoms with van der Waals surface area (Å²) in [5.41, 5.74) is 7.79. The second kappa shape index (κ2) is 5.87. The molecule has 0 unspecified atom stereocenters. The highest BCUT2D eigenvalue weighted by molar-refractivity contribution is 5.88. The van der Waals surface area contributed by atoms with Crippen LogP contribution in [0.1, 0.15) is 41.6 Å². The van der Waals surface area contributed by atoms with Crippen molar-refractivity contribution in [2.45, 2.75) is 32.2 Å². The molecule has 0 aliphatic carbocycles. The van der Waals surface area contributed by atoms with E-state index in [-0.39, 0.29) is 5.56 Å². The van der Waals surface area contributed by atoms with Gasteiger partial charge in [0.1, 0.15) is 0 Å². The fourth-order valence-corrected chi connectivity index (χ4v) is 2.41. The van der Waals surface area contributed by atoms with Crippen molar-refractivity contribution in [1.82, 2.24) is 4.90 Å². The van der Waals surface area contributed by atoms with E-state index in [0.29, 0.717) is 5.69 Å². The number of nitrogens with zero attached hydrogens (tertiary/aromatic N) is 1. The third-order valence-corrected chi connectivity index (χ3v) is 3.49. The Morgan fingerprint density at radius 3 is 2.44 bits per heavy atom. The van der Waals surface area contributed by atoms with E-state index in [1.165, 1.54) is 25.7 Å². The van der Waals surface area contributed by atoms with Crippen LogP contribution in [-0.2, 0) is 6.54 Å². The van der Waals surface area contributed by atoms with Gasteiger partial charge in [-0.25, -0.2) is 4.79 Å². The predicted octanol–water partition coefficient (Wildman–Crippen LogP) is 2.34. The fraction of sp³-hybridized carbons (Fsp3) is 0.500. The van der Waals surface area contributed by atoms with Crippen molar-refractivity contribution >= 4 is 11.7 Å². The lowest BCUT2D eigenvalue weighted by atomic mass is 10.1. The van der Waals surface area contributed by atoms with Crippen LogP contribution in [0, 0.1) is 0 Å². The second-order valence-corrected chi connectivity index (χ2v) is 4.91. The number of carboxylic acids is 1. The van der Waals surface area contributed by atoms with Crippen molar-refractivity contribution in [3.63, 3.8) is 0 Å². The number of carboxylic acid groups (broad SMARTS) is 1. The lowest BCUT2D eigenvalue weighted by Crippen LogP contribution is -2.24. The van der Waals surface area contributed by atoms with Gasteiger partial charge in [0.15, 0.2) is 0 Å². The average Bonchev–Trinajstić information content (AvgIpc) is 2.60. The Kier molecular flexibility index (Phi) is 4.20. The van der Waals surface area contributed by atoms with Crippen molar-refractivity contribution in [2.24, 2.45) is 0 Å². The number of likely N-dealkylation sites (tertiary alicyclic amines) is 1. The quantitative estimate of drug-likeness (QED) is 0.806. The van der Waals surface area contributed by atoms with E-state index in [1.807, 2.05) is 6.07 Å². The number of benzene rings is 1. The summed E-state index contributed by atoms with van der Waals surface area (Å²) >= 11 is 0. The van der Waals surface area contributed by atoms with E-state index >= 15 is 0 Å². The number of rotatable bonds is 3. The number of aromatic carboxylic acids is 1. The van der Waals surface area contributed by atoms with Crippen LogP contribution in [0.3, 0.4) is 0 Å². The first-order chi connectivity index (χ1) is 8.66. The highest BCUT2D eigenvalue weighted by atomic mass is 16.4. The molecule has 0 radical (unpaired) electrons. The number of hydrogen-bond acceptors (Lipinski definition) is 3. The first kappa shape index (κ1) is 12.9. The molecule has 1 saturated heterocycles. The summed E-state index contributed by atoms with van der Waals surface area (Å²) in [5, 5.41) is 8.89. The maximum Gasteiger partial charge on any atom is 0.335 e. The van der Waals surface area contributed by atoms with Gasteiger partial charge in [-0.3, -0.25) is 4.90 Å². The molecule has 4 heteroatoms. The maximum absolute atomic E-state index is 10.8. The Bertz CT molecular complexity index is 424. The summed E-state index contributed by atoms with van der Waals surface area (Å²) in [7, 11) is 0. The molecule has 98 valence electrons. The number of nitrogens with two attached hydrogens (primary N) is 1. The number of nitrogen functional groups attached to an aromatic ring is 1. The van der Waals surface area contributed by atoms with Crippen molar-refractivity contribution in [3.05, 3.63) is 29.3 Å². The first-order valence-corrected chi connectivity index (χ1v) is 6.51. The molecule has 1 aliphatic rings. The molecule has 18 heavy (non-hydrogen) atoms. The minimum absolute atomic E-state index is 0.257.